The SMILES string of the molecule is O=C(Cn1c(=O)cnc2ccccc21)Nc1ccc(Cl)cc1C(F)(F)F. The van der Waals surface area contributed by atoms with Crippen molar-refractivity contribution in [1.29, 1.82) is 0 Å². The summed E-state index contributed by atoms with van der Waals surface area (Å²) in [5, 5.41) is 2.08. The lowest BCUT2D eigenvalue weighted by molar-refractivity contribution is -0.137. The molecule has 0 saturated carbocycles. The minimum absolute atomic E-state index is 0.105. The number of alkyl halides is 3. The maximum absolute atomic E-state index is 13.1. The van der Waals surface area contributed by atoms with Crippen LogP contribution in [0.1, 0.15) is 5.56 Å². The third-order valence-corrected chi connectivity index (χ3v) is 3.85. The molecule has 0 unspecified atom stereocenters. The van der Waals surface area contributed by atoms with Crippen LogP contribution in [0.4, 0.5) is 18.9 Å². The molecular formula is C17H11ClF3N3O2. The van der Waals surface area contributed by atoms with Gasteiger partial charge < -0.3 is 5.32 Å². The highest BCUT2D eigenvalue weighted by atomic mass is 35.5. The standard InChI is InChI=1S/C17H11ClF3N3O2/c18-10-5-6-12(11(7-10)17(19,20)21)23-15(25)9-24-14-4-2-1-3-13(14)22-8-16(24)26/h1-8H,9H2,(H,23,25). The third-order valence-electron chi connectivity index (χ3n) is 3.62. The van der Waals surface area contributed by atoms with E-state index in [0.29, 0.717) is 11.0 Å². The number of aromatic nitrogens is 2. The number of fused-ring (bicyclic) bond motifs is 1. The zero-order valence-corrected chi connectivity index (χ0v) is 13.8. The van der Waals surface area contributed by atoms with Gasteiger partial charge in [-0.25, -0.2) is 4.98 Å². The van der Waals surface area contributed by atoms with Crippen molar-refractivity contribution in [3.05, 3.63) is 69.6 Å². The molecule has 0 aliphatic carbocycles. The molecule has 0 aliphatic rings. The van der Waals surface area contributed by atoms with Crippen molar-refractivity contribution in [2.75, 3.05) is 5.32 Å². The van der Waals surface area contributed by atoms with Gasteiger partial charge in [0.2, 0.25) is 5.91 Å². The van der Waals surface area contributed by atoms with Gasteiger partial charge in [-0.2, -0.15) is 13.2 Å². The van der Waals surface area contributed by atoms with Crippen molar-refractivity contribution in [3.8, 4) is 0 Å². The summed E-state index contributed by atoms with van der Waals surface area (Å²) in [4.78, 5) is 28.2. The number of para-hydroxylation sites is 2. The molecule has 1 N–H and O–H groups in total. The van der Waals surface area contributed by atoms with Gasteiger partial charge in [-0.15, -0.1) is 0 Å². The summed E-state index contributed by atoms with van der Waals surface area (Å²) in [6.45, 7) is -0.457. The molecule has 134 valence electrons. The number of carbonyl (C=O) groups is 1. The lowest BCUT2D eigenvalue weighted by Crippen LogP contribution is -2.28. The second-order valence-corrected chi connectivity index (χ2v) is 5.84. The number of anilines is 1. The molecule has 0 spiro atoms. The molecule has 0 bridgehead atoms. The van der Waals surface area contributed by atoms with Crippen LogP contribution in [-0.4, -0.2) is 15.5 Å². The van der Waals surface area contributed by atoms with Gasteiger partial charge in [-0.3, -0.25) is 14.2 Å². The zero-order chi connectivity index (χ0) is 18.9. The van der Waals surface area contributed by atoms with Gasteiger partial charge >= 0.3 is 6.18 Å². The fraction of sp³-hybridized carbons (Fsp3) is 0.118. The van der Waals surface area contributed by atoms with Crippen molar-refractivity contribution >= 4 is 34.2 Å². The normalized spacial score (nSPS) is 11.5. The van der Waals surface area contributed by atoms with Crippen LogP contribution in [0.5, 0.6) is 0 Å². The Balaban J connectivity index is 1.92. The summed E-state index contributed by atoms with van der Waals surface area (Å²) in [7, 11) is 0. The Hall–Kier alpha value is -2.87. The molecule has 0 fully saturated rings. The molecule has 9 heteroatoms. The molecule has 1 aromatic heterocycles. The summed E-state index contributed by atoms with van der Waals surface area (Å²) in [5.41, 5.74) is -1.14. The van der Waals surface area contributed by atoms with Crippen LogP contribution >= 0.6 is 11.6 Å². The van der Waals surface area contributed by atoms with Crippen molar-refractivity contribution in [2.24, 2.45) is 0 Å². The van der Waals surface area contributed by atoms with Gasteiger partial charge in [0.25, 0.3) is 5.56 Å². The number of hydrogen-bond donors (Lipinski definition) is 1. The average molecular weight is 382 g/mol. The highest BCUT2D eigenvalue weighted by Gasteiger charge is 2.34. The van der Waals surface area contributed by atoms with Crippen LogP contribution in [0.3, 0.4) is 0 Å². The van der Waals surface area contributed by atoms with Gasteiger partial charge in [0.05, 0.1) is 28.5 Å². The fourth-order valence-electron chi connectivity index (χ4n) is 2.47. The van der Waals surface area contributed by atoms with Gasteiger partial charge in [0.15, 0.2) is 0 Å². The van der Waals surface area contributed by atoms with E-state index in [9.17, 15) is 22.8 Å². The first-order chi connectivity index (χ1) is 12.3. The second-order valence-electron chi connectivity index (χ2n) is 5.41. The first-order valence-corrected chi connectivity index (χ1v) is 7.75. The Morgan fingerprint density at radius 2 is 1.92 bits per heavy atom. The predicted molar refractivity (Wildman–Crippen MR) is 91.1 cm³/mol. The Labute approximate surface area is 150 Å². The quantitative estimate of drug-likeness (QED) is 0.752. The van der Waals surface area contributed by atoms with E-state index in [2.05, 4.69) is 10.3 Å². The maximum Gasteiger partial charge on any atom is 0.418 e. The maximum atomic E-state index is 13.1. The fourth-order valence-corrected chi connectivity index (χ4v) is 2.64. The Kier molecular flexibility index (Phi) is 4.69. The summed E-state index contributed by atoms with van der Waals surface area (Å²) >= 11 is 5.61. The number of amides is 1. The number of nitrogens with one attached hydrogen (secondary N) is 1. The number of hydrogen-bond acceptors (Lipinski definition) is 3. The summed E-state index contributed by atoms with van der Waals surface area (Å²) in [6, 6.07) is 9.67. The first kappa shape index (κ1) is 17.9. The van der Waals surface area contributed by atoms with E-state index in [4.69, 9.17) is 11.6 Å². The van der Waals surface area contributed by atoms with Gasteiger partial charge in [-0.05, 0) is 30.3 Å². The number of halogens is 4. The molecule has 3 rings (SSSR count). The number of benzene rings is 2. The second kappa shape index (κ2) is 6.80. The van der Waals surface area contributed by atoms with E-state index >= 15 is 0 Å². The van der Waals surface area contributed by atoms with E-state index in [0.717, 1.165) is 22.9 Å². The largest absolute Gasteiger partial charge is 0.418 e. The van der Waals surface area contributed by atoms with Crippen molar-refractivity contribution < 1.29 is 18.0 Å². The highest BCUT2D eigenvalue weighted by Crippen LogP contribution is 2.36. The zero-order valence-electron chi connectivity index (χ0n) is 13.0. The molecule has 5 nitrogen and oxygen atoms in total. The lowest BCUT2D eigenvalue weighted by Gasteiger charge is -2.15. The van der Waals surface area contributed by atoms with Crippen molar-refractivity contribution in [2.45, 2.75) is 12.7 Å². The Morgan fingerprint density at radius 1 is 1.19 bits per heavy atom. The molecule has 2 aromatic carbocycles. The molecule has 0 saturated heterocycles. The molecular weight excluding hydrogens is 371 g/mol. The van der Waals surface area contributed by atoms with Crippen LogP contribution in [-0.2, 0) is 17.5 Å². The molecule has 1 heterocycles. The monoisotopic (exact) mass is 381 g/mol. The minimum Gasteiger partial charge on any atom is -0.324 e. The van der Waals surface area contributed by atoms with Crippen LogP contribution in [0, 0.1) is 0 Å². The van der Waals surface area contributed by atoms with E-state index in [-0.39, 0.29) is 5.02 Å². The molecule has 0 aliphatic heterocycles. The van der Waals surface area contributed by atoms with Crippen molar-refractivity contribution in [1.82, 2.24) is 9.55 Å². The predicted octanol–water partition coefficient (Wildman–Crippen LogP) is 3.71. The summed E-state index contributed by atoms with van der Waals surface area (Å²) in [6.07, 6.45) is -3.63. The highest BCUT2D eigenvalue weighted by molar-refractivity contribution is 6.30. The summed E-state index contributed by atoms with van der Waals surface area (Å²) < 4.78 is 40.5. The molecule has 1 amide bonds. The number of rotatable bonds is 3. The van der Waals surface area contributed by atoms with Gasteiger partial charge in [0.1, 0.15) is 6.54 Å². The third kappa shape index (κ3) is 3.70. The summed E-state index contributed by atoms with van der Waals surface area (Å²) in [5.74, 6) is -0.781. The van der Waals surface area contributed by atoms with Crippen LogP contribution in [0.2, 0.25) is 5.02 Å². The molecule has 0 radical (unpaired) electrons. The first-order valence-electron chi connectivity index (χ1n) is 7.37. The Bertz CT molecular complexity index is 1050. The molecule has 0 atom stereocenters. The average Bonchev–Trinajstić information content (AvgIpc) is 2.58. The van der Waals surface area contributed by atoms with E-state index in [1.807, 2.05) is 0 Å². The number of nitrogens with zero attached hydrogens (tertiary/aromatic N) is 2. The van der Waals surface area contributed by atoms with Crippen LogP contribution in [0.25, 0.3) is 11.0 Å². The van der Waals surface area contributed by atoms with Gasteiger partial charge in [-0.1, -0.05) is 23.7 Å². The van der Waals surface area contributed by atoms with E-state index < -0.39 is 35.4 Å². The van der Waals surface area contributed by atoms with E-state index in [1.165, 1.54) is 6.07 Å². The number of carbonyl (C=O) groups excluding carboxylic acids is 1. The topological polar surface area (TPSA) is 64.0 Å². The minimum atomic E-state index is -4.69. The molecule has 3 aromatic rings. The lowest BCUT2D eigenvalue weighted by atomic mass is 10.1. The Morgan fingerprint density at radius 3 is 2.65 bits per heavy atom. The van der Waals surface area contributed by atoms with Crippen LogP contribution < -0.4 is 10.9 Å². The van der Waals surface area contributed by atoms with Crippen molar-refractivity contribution in [3.63, 3.8) is 0 Å². The molecule has 26 heavy (non-hydrogen) atoms. The van der Waals surface area contributed by atoms with E-state index in [1.54, 1.807) is 24.3 Å². The van der Waals surface area contributed by atoms with Crippen LogP contribution in [0.15, 0.2) is 53.5 Å². The van der Waals surface area contributed by atoms with Gasteiger partial charge in [0, 0.05) is 5.02 Å². The smallest absolute Gasteiger partial charge is 0.324 e.